The molecule has 2 aromatic rings. The predicted molar refractivity (Wildman–Crippen MR) is 102 cm³/mol. The Kier molecular flexibility index (Phi) is 7.12. The van der Waals surface area contributed by atoms with E-state index in [1.165, 1.54) is 0 Å². The van der Waals surface area contributed by atoms with E-state index in [-0.39, 0.29) is 5.91 Å². The van der Waals surface area contributed by atoms with Gasteiger partial charge >= 0.3 is 0 Å². The fourth-order valence-corrected chi connectivity index (χ4v) is 2.91. The summed E-state index contributed by atoms with van der Waals surface area (Å²) in [7, 11) is 0. The number of carbonyl (C=O) groups is 2. The number of amides is 2. The molecule has 0 aliphatic heterocycles. The van der Waals surface area contributed by atoms with Crippen molar-refractivity contribution >= 4 is 46.6 Å². The van der Waals surface area contributed by atoms with Gasteiger partial charge in [-0.3, -0.25) is 9.59 Å². The Balaban J connectivity index is 1.84. The number of rotatable bonds is 6. The summed E-state index contributed by atoms with van der Waals surface area (Å²) in [4.78, 5) is 24.3. The molecule has 132 valence electrons. The van der Waals surface area contributed by atoms with Crippen molar-refractivity contribution in [3.63, 3.8) is 0 Å². The van der Waals surface area contributed by atoms with E-state index < -0.39 is 11.9 Å². The van der Waals surface area contributed by atoms with E-state index in [0.29, 0.717) is 33.6 Å². The van der Waals surface area contributed by atoms with Gasteiger partial charge in [-0.1, -0.05) is 53.0 Å². The third-order valence-corrected chi connectivity index (χ3v) is 4.48. The van der Waals surface area contributed by atoms with E-state index in [1.54, 1.807) is 43.3 Å². The lowest BCUT2D eigenvalue weighted by molar-refractivity contribution is -0.122. The van der Waals surface area contributed by atoms with Gasteiger partial charge in [0.05, 0.1) is 10.6 Å². The molecule has 7 heteroatoms. The fraction of sp³-hybridized carbons (Fsp3) is 0.222. The highest BCUT2D eigenvalue weighted by Gasteiger charge is 2.17. The number of hydrogen-bond acceptors (Lipinski definition) is 2. The molecule has 2 aromatic carbocycles. The molecule has 0 saturated heterocycles. The van der Waals surface area contributed by atoms with Gasteiger partial charge < -0.3 is 10.6 Å². The minimum atomic E-state index is -0.690. The van der Waals surface area contributed by atoms with Crippen LogP contribution in [0.3, 0.4) is 0 Å². The summed E-state index contributed by atoms with van der Waals surface area (Å²) < 4.78 is 0. The van der Waals surface area contributed by atoms with Crippen LogP contribution in [-0.2, 0) is 11.2 Å². The molecule has 1 atom stereocenters. The van der Waals surface area contributed by atoms with Gasteiger partial charge in [0, 0.05) is 16.6 Å². The number of benzene rings is 2. The minimum Gasteiger partial charge on any atom is -0.354 e. The molecule has 4 nitrogen and oxygen atoms in total. The number of nitrogens with one attached hydrogen (secondary N) is 2. The van der Waals surface area contributed by atoms with Crippen LogP contribution in [0.5, 0.6) is 0 Å². The first-order valence-electron chi connectivity index (χ1n) is 7.65. The zero-order valence-corrected chi connectivity index (χ0v) is 15.8. The van der Waals surface area contributed by atoms with Gasteiger partial charge in [-0.15, -0.1) is 0 Å². The Hall–Kier alpha value is -1.75. The molecule has 2 N–H and O–H groups in total. The zero-order valence-electron chi connectivity index (χ0n) is 13.5. The zero-order chi connectivity index (χ0) is 18.4. The van der Waals surface area contributed by atoms with Crippen molar-refractivity contribution in [3.8, 4) is 0 Å². The SMILES string of the molecule is C[C@H](NC(=O)c1ccccc1Cl)C(=O)NCCc1ccc(Cl)cc1Cl. The molecule has 0 heterocycles. The second kappa shape index (κ2) is 9.09. The normalized spacial score (nSPS) is 11.7. The fourth-order valence-electron chi connectivity index (χ4n) is 2.18. The van der Waals surface area contributed by atoms with Crippen LogP contribution in [0, 0.1) is 0 Å². The maximum Gasteiger partial charge on any atom is 0.253 e. The van der Waals surface area contributed by atoms with E-state index in [1.807, 2.05) is 6.07 Å². The third-order valence-electron chi connectivity index (χ3n) is 3.57. The maximum atomic E-state index is 12.1. The lowest BCUT2D eigenvalue weighted by atomic mass is 10.1. The van der Waals surface area contributed by atoms with Crippen molar-refractivity contribution in [1.82, 2.24) is 10.6 Å². The predicted octanol–water partition coefficient (Wildman–Crippen LogP) is 4.12. The first-order chi connectivity index (χ1) is 11.9. The second-order valence-electron chi connectivity index (χ2n) is 5.45. The van der Waals surface area contributed by atoms with Gasteiger partial charge in [-0.2, -0.15) is 0 Å². The van der Waals surface area contributed by atoms with Crippen molar-refractivity contribution in [2.75, 3.05) is 6.54 Å². The Morgan fingerprint density at radius 1 is 1.04 bits per heavy atom. The van der Waals surface area contributed by atoms with E-state index in [2.05, 4.69) is 10.6 Å². The lowest BCUT2D eigenvalue weighted by Gasteiger charge is -2.15. The van der Waals surface area contributed by atoms with Gasteiger partial charge in [-0.25, -0.2) is 0 Å². The Morgan fingerprint density at radius 3 is 2.44 bits per heavy atom. The van der Waals surface area contributed by atoms with Crippen LogP contribution >= 0.6 is 34.8 Å². The average Bonchev–Trinajstić information content (AvgIpc) is 2.56. The van der Waals surface area contributed by atoms with Crippen LogP contribution in [-0.4, -0.2) is 24.4 Å². The Morgan fingerprint density at radius 2 is 1.76 bits per heavy atom. The van der Waals surface area contributed by atoms with Gasteiger partial charge in [0.2, 0.25) is 5.91 Å². The van der Waals surface area contributed by atoms with Crippen molar-refractivity contribution in [2.45, 2.75) is 19.4 Å². The lowest BCUT2D eigenvalue weighted by Crippen LogP contribution is -2.45. The van der Waals surface area contributed by atoms with Crippen LogP contribution in [0.15, 0.2) is 42.5 Å². The van der Waals surface area contributed by atoms with Crippen LogP contribution < -0.4 is 10.6 Å². The van der Waals surface area contributed by atoms with Crippen molar-refractivity contribution in [3.05, 3.63) is 68.7 Å². The summed E-state index contributed by atoms with van der Waals surface area (Å²) in [5.74, 6) is -0.681. The number of halogens is 3. The largest absolute Gasteiger partial charge is 0.354 e. The van der Waals surface area contributed by atoms with Crippen molar-refractivity contribution in [1.29, 1.82) is 0 Å². The van der Waals surface area contributed by atoms with Crippen molar-refractivity contribution < 1.29 is 9.59 Å². The van der Waals surface area contributed by atoms with Crippen LogP contribution in [0.1, 0.15) is 22.8 Å². The van der Waals surface area contributed by atoms with Gasteiger partial charge in [0.15, 0.2) is 0 Å². The molecule has 25 heavy (non-hydrogen) atoms. The Labute approximate surface area is 161 Å². The van der Waals surface area contributed by atoms with Crippen LogP contribution in [0.25, 0.3) is 0 Å². The summed E-state index contributed by atoms with van der Waals surface area (Å²) >= 11 is 17.9. The Bertz CT molecular complexity index is 781. The molecule has 0 aliphatic carbocycles. The molecular weight excluding hydrogens is 383 g/mol. The van der Waals surface area contributed by atoms with Gasteiger partial charge in [-0.05, 0) is 43.2 Å². The van der Waals surface area contributed by atoms with E-state index in [4.69, 9.17) is 34.8 Å². The number of carbonyl (C=O) groups excluding carboxylic acids is 2. The topological polar surface area (TPSA) is 58.2 Å². The summed E-state index contributed by atoms with van der Waals surface area (Å²) in [6, 6.07) is 11.2. The molecule has 0 unspecified atom stereocenters. The number of hydrogen-bond donors (Lipinski definition) is 2. The molecule has 0 fully saturated rings. The molecular formula is C18H17Cl3N2O2. The first kappa shape index (κ1) is 19.6. The third kappa shape index (κ3) is 5.63. The molecule has 0 spiro atoms. The molecule has 2 amide bonds. The summed E-state index contributed by atoms with van der Waals surface area (Å²) in [6.45, 7) is 2.01. The molecule has 0 aliphatic rings. The molecule has 0 saturated carbocycles. The van der Waals surface area contributed by atoms with E-state index in [9.17, 15) is 9.59 Å². The summed E-state index contributed by atoms with van der Waals surface area (Å²) in [5.41, 5.74) is 1.22. The van der Waals surface area contributed by atoms with Crippen LogP contribution in [0.4, 0.5) is 0 Å². The second-order valence-corrected chi connectivity index (χ2v) is 6.70. The summed E-state index contributed by atoms with van der Waals surface area (Å²) in [5, 5.41) is 6.85. The van der Waals surface area contributed by atoms with E-state index in [0.717, 1.165) is 5.56 Å². The smallest absolute Gasteiger partial charge is 0.253 e. The van der Waals surface area contributed by atoms with E-state index >= 15 is 0 Å². The maximum absolute atomic E-state index is 12.1. The molecule has 2 rings (SSSR count). The standard InChI is InChI=1S/C18H17Cl3N2O2/c1-11(23-18(25)14-4-2-3-5-15(14)20)17(24)22-9-8-12-6-7-13(19)10-16(12)21/h2-7,10-11H,8-9H2,1H3,(H,22,24)(H,23,25)/t11-/m0/s1. The minimum absolute atomic E-state index is 0.287. The first-order valence-corrected chi connectivity index (χ1v) is 8.79. The van der Waals surface area contributed by atoms with Gasteiger partial charge in [0.1, 0.15) is 6.04 Å². The molecule has 0 bridgehead atoms. The highest BCUT2D eigenvalue weighted by Crippen LogP contribution is 2.21. The molecule has 0 aromatic heterocycles. The monoisotopic (exact) mass is 398 g/mol. The molecule has 0 radical (unpaired) electrons. The average molecular weight is 400 g/mol. The highest BCUT2D eigenvalue weighted by atomic mass is 35.5. The van der Waals surface area contributed by atoms with Crippen molar-refractivity contribution in [2.24, 2.45) is 0 Å². The van der Waals surface area contributed by atoms with Crippen LogP contribution in [0.2, 0.25) is 15.1 Å². The van der Waals surface area contributed by atoms with Gasteiger partial charge in [0.25, 0.3) is 5.91 Å². The summed E-state index contributed by atoms with van der Waals surface area (Å²) in [6.07, 6.45) is 0.562. The highest BCUT2D eigenvalue weighted by molar-refractivity contribution is 6.35. The quantitative estimate of drug-likeness (QED) is 0.767.